The van der Waals surface area contributed by atoms with Gasteiger partial charge < -0.3 is 9.47 Å². The smallest absolute Gasteiger partial charge is 0.338 e. The lowest BCUT2D eigenvalue weighted by molar-refractivity contribution is -0.121. The van der Waals surface area contributed by atoms with Crippen molar-refractivity contribution < 1.29 is 23.9 Å². The minimum absolute atomic E-state index is 0.00106. The molecular weight excluding hydrogens is 384 g/mol. The summed E-state index contributed by atoms with van der Waals surface area (Å²) < 4.78 is 11.3. The predicted octanol–water partition coefficient (Wildman–Crippen LogP) is 3.88. The molecule has 0 saturated carbocycles. The number of amides is 2. The van der Waals surface area contributed by atoms with E-state index in [1.807, 2.05) is 12.1 Å². The van der Waals surface area contributed by atoms with Gasteiger partial charge in [0.15, 0.2) is 0 Å². The van der Waals surface area contributed by atoms with E-state index in [0.29, 0.717) is 22.7 Å². The number of hydrogen-bond acceptors (Lipinski definition) is 6. The SMILES string of the molecule is O=C(OCc1ccccc1Oc1cccnc1)c1cccc(N2C(=O)CCC2=O)c1. The number of aromatic nitrogens is 1. The lowest BCUT2D eigenvalue weighted by atomic mass is 10.2. The second-order valence-corrected chi connectivity index (χ2v) is 6.65. The van der Waals surface area contributed by atoms with E-state index in [2.05, 4.69) is 4.98 Å². The molecule has 30 heavy (non-hydrogen) atoms. The van der Waals surface area contributed by atoms with Crippen LogP contribution in [0.3, 0.4) is 0 Å². The molecule has 3 aromatic rings. The molecule has 1 aliphatic rings. The van der Waals surface area contributed by atoms with Crippen LogP contribution in [-0.4, -0.2) is 22.8 Å². The Hall–Kier alpha value is -4.00. The maximum atomic E-state index is 12.6. The van der Waals surface area contributed by atoms with Crippen LogP contribution in [0.25, 0.3) is 0 Å². The summed E-state index contributed by atoms with van der Waals surface area (Å²) in [5.41, 5.74) is 1.32. The Morgan fingerprint density at radius 2 is 1.77 bits per heavy atom. The molecule has 7 nitrogen and oxygen atoms in total. The molecule has 1 saturated heterocycles. The normalized spacial score (nSPS) is 13.4. The van der Waals surface area contributed by atoms with Crippen molar-refractivity contribution in [1.29, 1.82) is 0 Å². The van der Waals surface area contributed by atoms with E-state index in [4.69, 9.17) is 9.47 Å². The molecular formula is C23H18N2O5. The second kappa shape index (κ2) is 8.57. The molecule has 0 radical (unpaired) electrons. The number of anilines is 1. The minimum atomic E-state index is -0.563. The average Bonchev–Trinajstić information content (AvgIpc) is 3.11. The molecule has 0 aliphatic carbocycles. The highest BCUT2D eigenvalue weighted by Gasteiger charge is 2.30. The quantitative estimate of drug-likeness (QED) is 0.459. The van der Waals surface area contributed by atoms with Gasteiger partial charge in [0.05, 0.1) is 17.4 Å². The van der Waals surface area contributed by atoms with E-state index in [-0.39, 0.29) is 36.8 Å². The highest BCUT2D eigenvalue weighted by atomic mass is 16.5. The number of nitrogens with zero attached hydrogens (tertiary/aromatic N) is 2. The average molecular weight is 402 g/mol. The molecule has 4 rings (SSSR count). The van der Waals surface area contributed by atoms with Crippen LogP contribution in [0, 0.1) is 0 Å². The van der Waals surface area contributed by atoms with Crippen molar-refractivity contribution in [2.75, 3.05) is 4.90 Å². The van der Waals surface area contributed by atoms with Crippen LogP contribution in [-0.2, 0) is 20.9 Å². The van der Waals surface area contributed by atoms with Gasteiger partial charge in [-0.1, -0.05) is 24.3 Å². The summed E-state index contributed by atoms with van der Waals surface area (Å²) >= 11 is 0. The number of para-hydroxylation sites is 1. The first-order chi connectivity index (χ1) is 14.6. The fourth-order valence-electron chi connectivity index (χ4n) is 3.12. The molecule has 2 heterocycles. The molecule has 1 fully saturated rings. The molecule has 0 atom stereocenters. The number of rotatable bonds is 6. The van der Waals surface area contributed by atoms with Crippen LogP contribution in [0.1, 0.15) is 28.8 Å². The topological polar surface area (TPSA) is 85.8 Å². The number of benzene rings is 2. The minimum Gasteiger partial charge on any atom is -0.457 e. The predicted molar refractivity (Wildman–Crippen MR) is 108 cm³/mol. The van der Waals surface area contributed by atoms with Gasteiger partial charge >= 0.3 is 5.97 Å². The van der Waals surface area contributed by atoms with Crippen molar-refractivity contribution in [2.24, 2.45) is 0 Å². The maximum Gasteiger partial charge on any atom is 0.338 e. The van der Waals surface area contributed by atoms with E-state index in [0.717, 1.165) is 4.90 Å². The molecule has 2 aromatic carbocycles. The molecule has 2 amide bonds. The fourth-order valence-corrected chi connectivity index (χ4v) is 3.12. The number of ether oxygens (including phenoxy) is 2. The van der Waals surface area contributed by atoms with E-state index < -0.39 is 5.97 Å². The zero-order chi connectivity index (χ0) is 20.9. The van der Waals surface area contributed by atoms with Crippen molar-refractivity contribution in [2.45, 2.75) is 19.4 Å². The molecule has 1 aromatic heterocycles. The van der Waals surface area contributed by atoms with Gasteiger partial charge in [-0.2, -0.15) is 0 Å². The van der Waals surface area contributed by atoms with Crippen LogP contribution >= 0.6 is 0 Å². The van der Waals surface area contributed by atoms with Gasteiger partial charge in [-0.05, 0) is 36.4 Å². The Morgan fingerprint density at radius 3 is 2.53 bits per heavy atom. The van der Waals surface area contributed by atoms with Gasteiger partial charge in [0.25, 0.3) is 0 Å². The van der Waals surface area contributed by atoms with Gasteiger partial charge in [-0.15, -0.1) is 0 Å². The summed E-state index contributed by atoms with van der Waals surface area (Å²) in [5, 5.41) is 0. The largest absolute Gasteiger partial charge is 0.457 e. The number of carbonyl (C=O) groups is 3. The summed E-state index contributed by atoms with van der Waals surface area (Å²) in [6, 6.07) is 17.1. The van der Waals surface area contributed by atoms with E-state index in [9.17, 15) is 14.4 Å². The lowest BCUT2D eigenvalue weighted by Crippen LogP contribution is -2.28. The number of pyridine rings is 1. The first kappa shape index (κ1) is 19.3. The Balaban J connectivity index is 1.46. The third kappa shape index (κ3) is 4.20. The Bertz CT molecular complexity index is 1080. The number of carbonyl (C=O) groups excluding carboxylic acids is 3. The molecule has 7 heteroatoms. The molecule has 1 aliphatic heterocycles. The number of imide groups is 1. The van der Waals surface area contributed by atoms with E-state index >= 15 is 0 Å². The maximum absolute atomic E-state index is 12.6. The molecule has 0 unspecified atom stereocenters. The third-order valence-corrected chi connectivity index (χ3v) is 4.59. The zero-order valence-electron chi connectivity index (χ0n) is 16.0. The van der Waals surface area contributed by atoms with Gasteiger partial charge in [0, 0.05) is 24.6 Å². The van der Waals surface area contributed by atoms with Crippen molar-refractivity contribution >= 4 is 23.5 Å². The van der Waals surface area contributed by atoms with Gasteiger partial charge in [0.2, 0.25) is 11.8 Å². The summed E-state index contributed by atoms with van der Waals surface area (Å²) in [6.07, 6.45) is 3.61. The lowest BCUT2D eigenvalue weighted by Gasteiger charge is -2.15. The van der Waals surface area contributed by atoms with E-state index in [1.54, 1.807) is 54.9 Å². The molecule has 0 bridgehead atoms. The second-order valence-electron chi connectivity index (χ2n) is 6.65. The van der Waals surface area contributed by atoms with Crippen LogP contribution in [0.2, 0.25) is 0 Å². The first-order valence-electron chi connectivity index (χ1n) is 9.40. The summed E-state index contributed by atoms with van der Waals surface area (Å²) in [4.78, 5) is 41.5. The molecule has 0 spiro atoms. The number of hydrogen-bond donors (Lipinski definition) is 0. The molecule has 0 N–H and O–H groups in total. The van der Waals surface area contributed by atoms with Crippen molar-refractivity contribution in [1.82, 2.24) is 4.98 Å². The highest BCUT2D eigenvalue weighted by molar-refractivity contribution is 6.20. The summed E-state index contributed by atoms with van der Waals surface area (Å²) in [7, 11) is 0. The first-order valence-corrected chi connectivity index (χ1v) is 9.40. The monoisotopic (exact) mass is 402 g/mol. The Labute approximate surface area is 172 Å². The van der Waals surface area contributed by atoms with Crippen LogP contribution < -0.4 is 9.64 Å². The molecule has 150 valence electrons. The highest BCUT2D eigenvalue weighted by Crippen LogP contribution is 2.26. The Kier molecular flexibility index (Phi) is 5.52. The van der Waals surface area contributed by atoms with Crippen molar-refractivity contribution in [3.05, 3.63) is 84.2 Å². The summed E-state index contributed by atoms with van der Waals surface area (Å²) in [6.45, 7) is 0.00106. The van der Waals surface area contributed by atoms with Crippen LogP contribution in [0.4, 0.5) is 5.69 Å². The van der Waals surface area contributed by atoms with Crippen LogP contribution in [0.5, 0.6) is 11.5 Å². The standard InChI is InChI=1S/C23H18N2O5/c26-21-10-11-22(27)25(21)18-7-3-6-16(13-18)23(28)29-15-17-5-1-2-9-20(17)30-19-8-4-12-24-14-19/h1-9,12-14H,10-11,15H2. The third-order valence-electron chi connectivity index (χ3n) is 4.59. The van der Waals surface area contributed by atoms with Crippen molar-refractivity contribution in [3.63, 3.8) is 0 Å². The van der Waals surface area contributed by atoms with Gasteiger partial charge in [-0.3, -0.25) is 19.5 Å². The van der Waals surface area contributed by atoms with Gasteiger partial charge in [-0.25, -0.2) is 4.79 Å². The Morgan fingerprint density at radius 1 is 0.967 bits per heavy atom. The van der Waals surface area contributed by atoms with Gasteiger partial charge in [0.1, 0.15) is 18.1 Å². The zero-order valence-corrected chi connectivity index (χ0v) is 16.0. The van der Waals surface area contributed by atoms with E-state index in [1.165, 1.54) is 6.07 Å². The van der Waals surface area contributed by atoms with Crippen molar-refractivity contribution in [3.8, 4) is 11.5 Å². The number of esters is 1. The summed E-state index contributed by atoms with van der Waals surface area (Å²) in [5.74, 6) is 0.0235. The van der Waals surface area contributed by atoms with Crippen LogP contribution in [0.15, 0.2) is 73.1 Å². The fraction of sp³-hybridized carbons (Fsp3) is 0.130.